The standard InChI is InChI=1S/C26H30F2N6O2/c1-16(2)21-15-30-34-24(21)32-25(31-18-9-11-35-12-10-18)33-26(34,29)14-17-3-5-19(6-4-17)36-20-7-8-22(27)23(28)13-20/h3-8,13,15-16,18H,9-12,14,29H2,1-2H3,(H2,31,32,33). The summed E-state index contributed by atoms with van der Waals surface area (Å²) in [5, 5.41) is 11.4. The molecule has 0 radical (unpaired) electrons. The van der Waals surface area contributed by atoms with E-state index in [9.17, 15) is 8.78 Å². The normalized spacial score (nSPS) is 20.0. The molecule has 1 unspecified atom stereocenters. The van der Waals surface area contributed by atoms with Gasteiger partial charge in [0, 0.05) is 37.3 Å². The molecule has 5 rings (SSSR count). The maximum Gasteiger partial charge on any atom is 0.201 e. The summed E-state index contributed by atoms with van der Waals surface area (Å²) in [7, 11) is 0. The van der Waals surface area contributed by atoms with Crippen LogP contribution in [0.5, 0.6) is 11.5 Å². The van der Waals surface area contributed by atoms with E-state index in [1.54, 1.807) is 16.8 Å². The van der Waals surface area contributed by atoms with Gasteiger partial charge in [0.15, 0.2) is 23.2 Å². The van der Waals surface area contributed by atoms with Crippen molar-refractivity contribution in [3.63, 3.8) is 0 Å². The van der Waals surface area contributed by atoms with Crippen LogP contribution in [0, 0.1) is 11.6 Å². The van der Waals surface area contributed by atoms with Gasteiger partial charge in [0.05, 0.1) is 6.20 Å². The first-order valence-corrected chi connectivity index (χ1v) is 12.1. The number of nitrogens with two attached hydrogens (primary N) is 1. The molecule has 2 aromatic carbocycles. The average Bonchev–Trinajstić information content (AvgIpc) is 3.29. The lowest BCUT2D eigenvalue weighted by Gasteiger charge is -2.38. The van der Waals surface area contributed by atoms with Crippen LogP contribution in [-0.4, -0.2) is 35.0 Å². The number of halogens is 2. The van der Waals surface area contributed by atoms with Gasteiger partial charge in [-0.2, -0.15) is 10.1 Å². The summed E-state index contributed by atoms with van der Waals surface area (Å²) >= 11 is 0. The van der Waals surface area contributed by atoms with Gasteiger partial charge in [0.25, 0.3) is 0 Å². The minimum absolute atomic E-state index is 0.216. The van der Waals surface area contributed by atoms with Crippen LogP contribution >= 0.6 is 0 Å². The first kappa shape index (κ1) is 24.2. The zero-order valence-corrected chi connectivity index (χ0v) is 20.3. The number of fused-ring (bicyclic) bond motifs is 1. The Bertz CT molecular complexity index is 1250. The summed E-state index contributed by atoms with van der Waals surface area (Å²) in [6.45, 7) is 5.63. The molecule has 36 heavy (non-hydrogen) atoms. The van der Waals surface area contributed by atoms with Gasteiger partial charge in [-0.05, 0) is 48.6 Å². The van der Waals surface area contributed by atoms with Gasteiger partial charge in [-0.25, -0.2) is 13.5 Å². The highest BCUT2D eigenvalue weighted by Crippen LogP contribution is 2.33. The van der Waals surface area contributed by atoms with Gasteiger partial charge < -0.3 is 20.1 Å². The predicted octanol–water partition coefficient (Wildman–Crippen LogP) is 4.25. The van der Waals surface area contributed by atoms with Crippen LogP contribution in [0.25, 0.3) is 0 Å². The fraction of sp³-hybridized carbons (Fsp3) is 0.385. The second kappa shape index (κ2) is 9.87. The van der Waals surface area contributed by atoms with Crippen molar-refractivity contribution in [3.05, 3.63) is 71.4 Å². The Kier molecular flexibility index (Phi) is 6.63. The Morgan fingerprint density at radius 1 is 1.14 bits per heavy atom. The maximum atomic E-state index is 13.5. The zero-order chi connectivity index (χ0) is 25.3. The number of hydrogen-bond donors (Lipinski definition) is 3. The summed E-state index contributed by atoms with van der Waals surface area (Å²) in [6.07, 6.45) is 4.03. The third-order valence-electron chi connectivity index (χ3n) is 6.41. The van der Waals surface area contributed by atoms with E-state index >= 15 is 0 Å². The van der Waals surface area contributed by atoms with Gasteiger partial charge in [-0.15, -0.1) is 0 Å². The van der Waals surface area contributed by atoms with E-state index < -0.39 is 17.4 Å². The van der Waals surface area contributed by atoms with Crippen molar-refractivity contribution in [2.45, 2.75) is 50.9 Å². The number of aliphatic imine (C=N–C) groups is 1. The van der Waals surface area contributed by atoms with Gasteiger partial charge in [0.1, 0.15) is 11.5 Å². The summed E-state index contributed by atoms with van der Waals surface area (Å²) in [4.78, 5) is 4.83. The fourth-order valence-corrected chi connectivity index (χ4v) is 4.44. The number of hydrogen-bond acceptors (Lipinski definition) is 7. The highest BCUT2D eigenvalue weighted by atomic mass is 19.2. The molecule has 1 aromatic heterocycles. The average molecular weight is 497 g/mol. The highest BCUT2D eigenvalue weighted by Gasteiger charge is 2.37. The van der Waals surface area contributed by atoms with E-state index in [-0.39, 0.29) is 17.7 Å². The molecule has 0 amide bonds. The third-order valence-corrected chi connectivity index (χ3v) is 6.41. The SMILES string of the molecule is CC(C)c1cnn2c1N=C(NC1CCOCC1)NC2(N)Cc1ccc(Oc2ccc(F)c(F)c2)cc1. The molecule has 8 nitrogen and oxygen atoms in total. The molecule has 4 N–H and O–H groups in total. The Labute approximate surface area is 208 Å². The molecule has 0 saturated carbocycles. The zero-order valence-electron chi connectivity index (χ0n) is 20.3. The molecule has 2 aliphatic rings. The number of nitrogens with zero attached hydrogens (tertiary/aromatic N) is 3. The molecule has 10 heteroatoms. The number of guanidine groups is 1. The van der Waals surface area contributed by atoms with Crippen molar-refractivity contribution in [3.8, 4) is 11.5 Å². The van der Waals surface area contributed by atoms with Crippen LogP contribution in [0.15, 0.2) is 53.7 Å². The molecule has 0 spiro atoms. The molecule has 190 valence electrons. The van der Waals surface area contributed by atoms with Crippen LogP contribution in [-0.2, 0) is 16.9 Å². The van der Waals surface area contributed by atoms with Crippen LogP contribution in [0.3, 0.4) is 0 Å². The number of ether oxygens (including phenoxy) is 2. The monoisotopic (exact) mass is 496 g/mol. The van der Waals surface area contributed by atoms with Gasteiger partial charge in [-0.3, -0.25) is 5.73 Å². The van der Waals surface area contributed by atoms with Crippen molar-refractivity contribution in [2.24, 2.45) is 10.7 Å². The number of rotatable bonds is 6. The van der Waals surface area contributed by atoms with Gasteiger partial charge in [0.2, 0.25) is 5.96 Å². The van der Waals surface area contributed by atoms with E-state index in [4.69, 9.17) is 20.2 Å². The minimum Gasteiger partial charge on any atom is -0.457 e. The Morgan fingerprint density at radius 3 is 2.56 bits per heavy atom. The summed E-state index contributed by atoms with van der Waals surface area (Å²) in [5.41, 5.74) is 8.89. The van der Waals surface area contributed by atoms with E-state index in [2.05, 4.69) is 29.6 Å². The van der Waals surface area contributed by atoms with Gasteiger partial charge >= 0.3 is 0 Å². The lowest BCUT2D eigenvalue weighted by atomic mass is 10.0. The van der Waals surface area contributed by atoms with Crippen molar-refractivity contribution in [2.75, 3.05) is 13.2 Å². The largest absolute Gasteiger partial charge is 0.457 e. The Hall–Kier alpha value is -3.50. The molecule has 3 aromatic rings. The van der Waals surface area contributed by atoms with Crippen molar-refractivity contribution in [1.82, 2.24) is 20.4 Å². The van der Waals surface area contributed by atoms with Crippen molar-refractivity contribution >= 4 is 11.8 Å². The molecular weight excluding hydrogens is 466 g/mol. The van der Waals surface area contributed by atoms with E-state index in [0.717, 1.165) is 41.9 Å². The Balaban J connectivity index is 1.37. The summed E-state index contributed by atoms with van der Waals surface area (Å²) in [6, 6.07) is 11.0. The van der Waals surface area contributed by atoms with Crippen LogP contribution in [0.1, 0.15) is 43.7 Å². The summed E-state index contributed by atoms with van der Waals surface area (Å²) in [5.74, 6) is -0.626. The van der Waals surface area contributed by atoms with Crippen LogP contribution in [0.2, 0.25) is 0 Å². The molecule has 1 atom stereocenters. The van der Waals surface area contributed by atoms with E-state index in [0.29, 0.717) is 31.3 Å². The van der Waals surface area contributed by atoms with Crippen LogP contribution < -0.4 is 21.1 Å². The second-order valence-corrected chi connectivity index (χ2v) is 9.53. The third kappa shape index (κ3) is 5.05. The first-order chi connectivity index (χ1) is 17.3. The smallest absolute Gasteiger partial charge is 0.201 e. The molecule has 1 fully saturated rings. The molecule has 3 heterocycles. The number of aromatic nitrogens is 2. The fourth-order valence-electron chi connectivity index (χ4n) is 4.44. The number of nitrogens with one attached hydrogen (secondary N) is 2. The maximum absolute atomic E-state index is 13.5. The van der Waals surface area contributed by atoms with Crippen molar-refractivity contribution < 1.29 is 18.3 Å². The second-order valence-electron chi connectivity index (χ2n) is 9.53. The lowest BCUT2D eigenvalue weighted by molar-refractivity contribution is 0.0817. The molecule has 0 bridgehead atoms. The molecule has 0 aliphatic carbocycles. The van der Waals surface area contributed by atoms with E-state index in [1.807, 2.05) is 18.3 Å². The highest BCUT2D eigenvalue weighted by molar-refractivity contribution is 5.84. The lowest BCUT2D eigenvalue weighted by Crippen LogP contribution is -2.64. The quantitative estimate of drug-likeness (QED) is 0.472. The first-order valence-electron chi connectivity index (χ1n) is 12.1. The molecule has 1 saturated heterocycles. The van der Waals surface area contributed by atoms with Gasteiger partial charge in [-0.1, -0.05) is 26.0 Å². The minimum atomic E-state index is -1.06. The predicted molar refractivity (Wildman–Crippen MR) is 132 cm³/mol. The number of benzene rings is 2. The molecule has 2 aliphatic heterocycles. The summed E-state index contributed by atoms with van der Waals surface area (Å²) < 4.78 is 39.6. The van der Waals surface area contributed by atoms with Crippen LogP contribution in [0.4, 0.5) is 14.6 Å². The Morgan fingerprint density at radius 2 is 1.86 bits per heavy atom. The molecular formula is C26H30F2N6O2. The topological polar surface area (TPSA) is 98.7 Å². The van der Waals surface area contributed by atoms with E-state index in [1.165, 1.54) is 6.07 Å². The van der Waals surface area contributed by atoms with Crippen molar-refractivity contribution in [1.29, 1.82) is 0 Å².